The monoisotopic (exact) mass is 1030 g/mol. The Kier molecular flexibility index (Phi) is 11.5. The Morgan fingerprint density at radius 1 is 0.250 bits per heavy atom. The molecule has 24 heteroatoms. The molecule has 370 valence electrons. The van der Waals surface area contributed by atoms with Crippen molar-refractivity contribution in [2.75, 3.05) is 0 Å². The average molecular weight is 1030 g/mol. The van der Waals surface area contributed by atoms with Gasteiger partial charge in [0.15, 0.2) is 93.1 Å². The standard InChI is InChI=1S/C48H18F20N4/c1-9-11(3)47-19(23-29(53)37(61)43(67)38(62)30(23)54)15-6-14(8-70-15)18(22-27(51)35(59)42(66)36(60)28(22)52)46-10(2)12(4)48(72-46)20(24-31(55)39(63)44(68)40(64)32(24)56)16-5-13(7-69-16)17(45(9)71-47)21-25(49)33(57)41(65)34(58)26(21)50/h5-8,71-72H,1-4H3. The Morgan fingerprint density at radius 2 is 0.431 bits per heavy atom. The van der Waals surface area contributed by atoms with Crippen LogP contribution in [0.2, 0.25) is 0 Å². The van der Waals surface area contributed by atoms with Crippen molar-refractivity contribution in [2.45, 2.75) is 27.7 Å². The third-order valence-corrected chi connectivity index (χ3v) is 12.3. The van der Waals surface area contributed by atoms with Crippen LogP contribution in [-0.4, -0.2) is 22.4 Å². The Hall–Kier alpha value is -7.92. The molecule has 72 heavy (non-hydrogen) atoms. The number of rotatable bonds is 4. The smallest absolute Gasteiger partial charge is 0.200 e. The van der Waals surface area contributed by atoms with Gasteiger partial charge in [-0.25, -0.2) is 87.8 Å². The van der Waals surface area contributed by atoms with Crippen LogP contribution in [-0.2, 0) is 0 Å². The van der Waals surface area contributed by atoms with Gasteiger partial charge in [0.2, 0.25) is 23.3 Å². The summed E-state index contributed by atoms with van der Waals surface area (Å²) in [7, 11) is 0. The van der Waals surface area contributed by atoms with Gasteiger partial charge in [0.05, 0.1) is 55.7 Å². The quantitative estimate of drug-likeness (QED) is 0.100. The molecular weight excluding hydrogens is 1010 g/mol. The maximum atomic E-state index is 16.1. The fourth-order valence-electron chi connectivity index (χ4n) is 8.53. The summed E-state index contributed by atoms with van der Waals surface area (Å²) in [6, 6.07) is 1.06. The first-order chi connectivity index (χ1) is 33.8. The van der Waals surface area contributed by atoms with E-state index in [2.05, 4.69) is 20.0 Å². The molecule has 2 aliphatic rings. The van der Waals surface area contributed by atoms with Crippen molar-refractivity contribution in [3.8, 4) is 44.5 Å². The van der Waals surface area contributed by atoms with Gasteiger partial charge in [0, 0.05) is 45.8 Å². The van der Waals surface area contributed by atoms with Gasteiger partial charge < -0.3 is 9.97 Å². The van der Waals surface area contributed by atoms with E-state index < -0.39 is 228 Å². The second kappa shape index (κ2) is 16.9. The van der Waals surface area contributed by atoms with Gasteiger partial charge in [0.1, 0.15) is 0 Å². The highest BCUT2D eigenvalue weighted by molar-refractivity contribution is 6.09. The molecule has 9 rings (SSSR count). The van der Waals surface area contributed by atoms with Gasteiger partial charge in [-0.3, -0.25) is 9.98 Å². The largest absolute Gasteiger partial charge is 0.354 e. The Labute approximate surface area is 387 Å². The van der Waals surface area contributed by atoms with Crippen LogP contribution >= 0.6 is 0 Å². The maximum Gasteiger partial charge on any atom is 0.200 e. The summed E-state index contributed by atoms with van der Waals surface area (Å²) in [5, 5.41) is 0. The van der Waals surface area contributed by atoms with E-state index in [1.54, 1.807) is 0 Å². The molecule has 0 fully saturated rings. The number of H-pyrrole nitrogens is 2. The third kappa shape index (κ3) is 6.69. The molecule has 8 bridgehead atoms. The van der Waals surface area contributed by atoms with Crippen LogP contribution in [0.1, 0.15) is 33.4 Å². The van der Waals surface area contributed by atoms with Crippen molar-refractivity contribution in [1.82, 2.24) is 9.97 Å². The van der Waals surface area contributed by atoms with E-state index in [1.807, 2.05) is 0 Å². The molecule has 2 aliphatic heterocycles. The van der Waals surface area contributed by atoms with Crippen molar-refractivity contribution in [3.63, 3.8) is 0 Å². The molecule has 2 N–H and O–H groups in total. The molecule has 0 unspecified atom stereocenters. The summed E-state index contributed by atoms with van der Waals surface area (Å²) in [5.74, 6) is -52.4. The molecule has 5 heterocycles. The lowest BCUT2D eigenvalue weighted by Crippen LogP contribution is -2.05. The van der Waals surface area contributed by atoms with E-state index in [0.717, 1.165) is 27.7 Å². The highest BCUT2D eigenvalue weighted by atomic mass is 19.2. The number of benzene rings is 4. The molecule has 0 spiro atoms. The topological polar surface area (TPSA) is 56.3 Å². The van der Waals surface area contributed by atoms with Crippen molar-refractivity contribution in [2.24, 2.45) is 9.98 Å². The van der Waals surface area contributed by atoms with E-state index in [4.69, 9.17) is 0 Å². The van der Waals surface area contributed by atoms with Crippen molar-refractivity contribution in [3.05, 3.63) is 162 Å². The van der Waals surface area contributed by atoms with E-state index in [1.165, 1.54) is 0 Å². The first-order valence-electron chi connectivity index (χ1n) is 20.0. The van der Waals surface area contributed by atoms with Crippen LogP contribution in [0.5, 0.6) is 0 Å². The molecule has 3 aromatic heterocycles. The number of halogens is 20. The number of aliphatic imine (C=N–C) groups is 2. The van der Waals surface area contributed by atoms with Gasteiger partial charge in [-0.2, -0.15) is 0 Å². The molecule has 4 nitrogen and oxygen atoms in total. The fraction of sp³-hybridized carbons (Fsp3) is 0.0833. The van der Waals surface area contributed by atoms with E-state index in [0.29, 0.717) is 24.6 Å². The molecule has 0 atom stereocenters. The fourth-order valence-corrected chi connectivity index (χ4v) is 8.53. The Morgan fingerprint density at radius 3 is 0.653 bits per heavy atom. The molecular formula is C48H18F20N4. The number of aryl methyl sites for hydroxylation is 4. The van der Waals surface area contributed by atoms with Crippen LogP contribution < -0.4 is 0 Å². The predicted octanol–water partition coefficient (Wildman–Crippen LogP) is 15.7. The Balaban J connectivity index is 1.68. The molecule has 7 aromatic rings. The van der Waals surface area contributed by atoms with E-state index in [9.17, 15) is 17.6 Å². The number of aromatic amines is 2. The van der Waals surface area contributed by atoms with Crippen LogP contribution in [0.4, 0.5) is 99.2 Å². The summed E-state index contributed by atoms with van der Waals surface area (Å²) >= 11 is 0. The number of nitrogens with one attached hydrogen (secondary N) is 2. The van der Waals surface area contributed by atoms with Crippen molar-refractivity contribution < 1.29 is 87.8 Å². The van der Waals surface area contributed by atoms with Crippen molar-refractivity contribution >= 4 is 45.9 Å². The van der Waals surface area contributed by atoms with Crippen LogP contribution in [0.15, 0.2) is 22.1 Å². The minimum absolute atomic E-state index is 0.429. The number of nitrogens with zero attached hydrogens (tertiary/aromatic N) is 2. The zero-order valence-electron chi connectivity index (χ0n) is 35.8. The SMILES string of the molecule is Cc1c(C)c2[nH]c1c(-c1c(F)c(F)c(F)c(F)c1F)c1cc(c(-c3c(F)c(F)c(F)c(F)c3F)c3[nH]c(c(C)c3C)c(-c3c(F)c(F)c(F)c(F)c3F)c3cc(c2-c2c(F)c(F)c(F)c(F)c2F)N=C3)N=C1. The number of hydrogen-bond donors (Lipinski definition) is 2. The summed E-state index contributed by atoms with van der Waals surface area (Å²) in [5.41, 5.74) is -21.2. The second-order valence-electron chi connectivity index (χ2n) is 16.0. The second-order valence-corrected chi connectivity index (χ2v) is 16.0. The average Bonchev–Trinajstić information content (AvgIpc) is 4.16. The lowest BCUT2D eigenvalue weighted by atomic mass is 9.95. The lowest BCUT2D eigenvalue weighted by Gasteiger charge is -2.12. The minimum Gasteiger partial charge on any atom is -0.354 e. The first kappa shape index (κ1) is 49.1. The molecule has 0 aliphatic carbocycles. The zero-order valence-corrected chi connectivity index (χ0v) is 35.8. The van der Waals surface area contributed by atoms with E-state index >= 15 is 70.2 Å². The third-order valence-electron chi connectivity index (χ3n) is 12.3. The summed E-state index contributed by atoms with van der Waals surface area (Å²) in [6.45, 7) is 4.03. The van der Waals surface area contributed by atoms with Gasteiger partial charge in [-0.05, 0) is 62.1 Å². The zero-order chi connectivity index (χ0) is 52.8. The molecule has 0 saturated heterocycles. The number of fused-ring (bicyclic) bond motifs is 8. The normalized spacial score (nSPS) is 12.3. The minimum atomic E-state index is -2.71. The molecule has 0 saturated carbocycles. The van der Waals surface area contributed by atoms with Crippen LogP contribution in [0, 0.1) is 144 Å². The molecule has 4 aromatic carbocycles. The van der Waals surface area contributed by atoms with Gasteiger partial charge in [-0.15, -0.1) is 0 Å². The summed E-state index contributed by atoms with van der Waals surface area (Å²) in [6.07, 6.45) is 1.000. The highest BCUT2D eigenvalue weighted by Crippen LogP contribution is 2.49. The maximum absolute atomic E-state index is 16.1. The first-order valence-corrected chi connectivity index (χ1v) is 20.0. The Bertz CT molecular complexity index is 3310. The van der Waals surface area contributed by atoms with E-state index in [-0.39, 0.29) is 0 Å². The van der Waals surface area contributed by atoms with Crippen LogP contribution in [0.25, 0.3) is 66.6 Å². The van der Waals surface area contributed by atoms with Crippen LogP contribution in [0.3, 0.4) is 0 Å². The van der Waals surface area contributed by atoms with Crippen molar-refractivity contribution in [1.29, 1.82) is 0 Å². The lowest BCUT2D eigenvalue weighted by molar-refractivity contribution is 0.381. The highest BCUT2D eigenvalue weighted by Gasteiger charge is 2.36. The number of hydrogen-bond acceptors (Lipinski definition) is 2. The summed E-state index contributed by atoms with van der Waals surface area (Å²) in [4.78, 5) is 12.7. The predicted molar refractivity (Wildman–Crippen MR) is 220 cm³/mol. The molecule has 0 radical (unpaired) electrons. The van der Waals surface area contributed by atoms with Gasteiger partial charge >= 0.3 is 0 Å². The summed E-state index contributed by atoms with van der Waals surface area (Å²) < 4.78 is 309. The number of aromatic nitrogens is 2. The van der Waals surface area contributed by atoms with Gasteiger partial charge in [0.25, 0.3) is 0 Å². The van der Waals surface area contributed by atoms with Gasteiger partial charge in [-0.1, -0.05) is 0 Å². The molecule has 0 amide bonds.